The molecule has 0 spiro atoms. The molecule has 0 fully saturated rings. The Morgan fingerprint density at radius 1 is 0.933 bits per heavy atom. The van der Waals surface area contributed by atoms with Gasteiger partial charge in [0, 0.05) is 23.6 Å². The predicted octanol–water partition coefficient (Wildman–Crippen LogP) is 5.47. The van der Waals surface area contributed by atoms with Gasteiger partial charge in [-0.2, -0.15) is 0 Å². The summed E-state index contributed by atoms with van der Waals surface area (Å²) in [6, 6.07) is 24.8. The van der Waals surface area contributed by atoms with Gasteiger partial charge in [-0.3, -0.25) is 4.79 Å². The topological polar surface area (TPSA) is 40.5 Å². The fourth-order valence-corrected chi connectivity index (χ4v) is 3.86. The molecule has 0 aliphatic heterocycles. The lowest BCUT2D eigenvalue weighted by atomic mass is 10.00. The number of methoxy groups -OCH3 is 1. The molecule has 0 radical (unpaired) electrons. The van der Waals surface area contributed by atoms with Gasteiger partial charge in [0.15, 0.2) is 0 Å². The smallest absolute Gasteiger partial charge is 0.310 e. The molecule has 30 heavy (non-hydrogen) atoms. The first-order valence-corrected chi connectivity index (χ1v) is 10.1. The monoisotopic (exact) mass is 399 g/mol. The van der Waals surface area contributed by atoms with Crippen LogP contribution in [0.3, 0.4) is 0 Å². The molecule has 0 aliphatic rings. The summed E-state index contributed by atoms with van der Waals surface area (Å²) in [5.74, 6) is 0.555. The van der Waals surface area contributed by atoms with Crippen molar-refractivity contribution >= 4 is 16.9 Å². The minimum Gasteiger partial charge on any atom is -0.497 e. The van der Waals surface area contributed by atoms with E-state index in [1.54, 1.807) is 7.11 Å². The van der Waals surface area contributed by atoms with Crippen molar-refractivity contribution in [3.8, 4) is 16.9 Å². The molecule has 1 aromatic heterocycles. The van der Waals surface area contributed by atoms with Gasteiger partial charge in [-0.15, -0.1) is 0 Å². The quantitative estimate of drug-likeness (QED) is 0.387. The second-order valence-corrected chi connectivity index (χ2v) is 7.17. The van der Waals surface area contributed by atoms with E-state index < -0.39 is 0 Å². The van der Waals surface area contributed by atoms with E-state index in [0.29, 0.717) is 13.2 Å². The Labute approximate surface area is 176 Å². The van der Waals surface area contributed by atoms with E-state index in [4.69, 9.17) is 9.47 Å². The van der Waals surface area contributed by atoms with Gasteiger partial charge < -0.3 is 14.0 Å². The van der Waals surface area contributed by atoms with Gasteiger partial charge in [0.05, 0.1) is 20.1 Å². The molecule has 0 saturated carbocycles. The Morgan fingerprint density at radius 2 is 1.70 bits per heavy atom. The highest BCUT2D eigenvalue weighted by molar-refractivity contribution is 5.89. The zero-order valence-corrected chi connectivity index (χ0v) is 17.3. The molecule has 0 aliphatic carbocycles. The fourth-order valence-electron chi connectivity index (χ4n) is 3.86. The molecule has 4 rings (SSSR count). The number of ether oxygens (including phenoxy) is 2. The van der Waals surface area contributed by atoms with Crippen LogP contribution in [0.1, 0.15) is 18.1 Å². The van der Waals surface area contributed by atoms with Crippen molar-refractivity contribution in [1.82, 2.24) is 4.57 Å². The van der Waals surface area contributed by atoms with Crippen molar-refractivity contribution < 1.29 is 14.3 Å². The molecule has 0 N–H and O–H groups in total. The molecular formula is C26H25NO3. The van der Waals surface area contributed by atoms with E-state index in [9.17, 15) is 4.79 Å². The molecule has 0 amide bonds. The van der Waals surface area contributed by atoms with Gasteiger partial charge in [-0.25, -0.2) is 0 Å². The number of carbonyl (C=O) groups excluding carboxylic acids is 1. The summed E-state index contributed by atoms with van der Waals surface area (Å²) < 4.78 is 12.8. The molecule has 0 bridgehead atoms. The Kier molecular flexibility index (Phi) is 5.84. The summed E-state index contributed by atoms with van der Waals surface area (Å²) in [7, 11) is 1.65. The third-order valence-corrected chi connectivity index (χ3v) is 5.25. The van der Waals surface area contributed by atoms with Crippen molar-refractivity contribution in [2.75, 3.05) is 13.7 Å². The van der Waals surface area contributed by atoms with E-state index in [1.165, 1.54) is 16.7 Å². The Hall–Kier alpha value is -3.53. The second-order valence-electron chi connectivity index (χ2n) is 7.17. The maximum atomic E-state index is 12.2. The van der Waals surface area contributed by atoms with Crippen LogP contribution in [0.5, 0.6) is 5.75 Å². The van der Waals surface area contributed by atoms with Crippen LogP contribution in [0.15, 0.2) is 79.0 Å². The average molecular weight is 399 g/mol. The summed E-state index contributed by atoms with van der Waals surface area (Å²) in [5, 5.41) is 1.01. The fraction of sp³-hybridized carbons (Fsp3) is 0.192. The zero-order chi connectivity index (χ0) is 20.9. The molecule has 0 unspecified atom stereocenters. The number of carbonyl (C=O) groups is 1. The van der Waals surface area contributed by atoms with Crippen molar-refractivity contribution in [1.29, 1.82) is 0 Å². The van der Waals surface area contributed by atoms with Crippen LogP contribution in [-0.4, -0.2) is 24.3 Å². The van der Waals surface area contributed by atoms with Crippen LogP contribution in [0.4, 0.5) is 0 Å². The number of nitrogens with zero attached hydrogens (tertiary/aromatic N) is 1. The van der Waals surface area contributed by atoms with Gasteiger partial charge in [0.2, 0.25) is 0 Å². The van der Waals surface area contributed by atoms with E-state index in [-0.39, 0.29) is 12.4 Å². The summed E-state index contributed by atoms with van der Waals surface area (Å²) in [4.78, 5) is 12.2. The van der Waals surface area contributed by atoms with E-state index in [1.807, 2.05) is 31.2 Å². The van der Waals surface area contributed by atoms with Gasteiger partial charge in [-0.05, 0) is 47.4 Å². The summed E-state index contributed by atoms with van der Waals surface area (Å²) >= 11 is 0. The highest BCUT2D eigenvalue weighted by Crippen LogP contribution is 2.30. The second kappa shape index (κ2) is 8.87. The number of hydrogen-bond donors (Lipinski definition) is 0. The summed E-state index contributed by atoms with van der Waals surface area (Å²) in [5.41, 5.74) is 5.63. The number of esters is 1. The first-order chi connectivity index (χ1) is 14.7. The van der Waals surface area contributed by atoms with Crippen LogP contribution >= 0.6 is 0 Å². The third kappa shape index (κ3) is 4.08. The molecule has 3 aromatic carbocycles. The lowest BCUT2D eigenvalue weighted by Gasteiger charge is -2.12. The lowest BCUT2D eigenvalue weighted by molar-refractivity contribution is -0.142. The summed E-state index contributed by atoms with van der Waals surface area (Å²) in [6.07, 6.45) is 2.30. The number of rotatable bonds is 7. The molecule has 4 nitrogen and oxygen atoms in total. The average Bonchev–Trinajstić information content (AvgIpc) is 3.11. The Bertz CT molecular complexity index is 1160. The van der Waals surface area contributed by atoms with E-state index in [0.717, 1.165) is 22.2 Å². The first kappa shape index (κ1) is 19.8. The van der Waals surface area contributed by atoms with Gasteiger partial charge in [0.1, 0.15) is 5.75 Å². The number of fused-ring (bicyclic) bond motifs is 1. The van der Waals surface area contributed by atoms with Crippen LogP contribution in [-0.2, 0) is 22.5 Å². The number of hydrogen-bond acceptors (Lipinski definition) is 3. The predicted molar refractivity (Wildman–Crippen MR) is 120 cm³/mol. The minimum absolute atomic E-state index is 0.218. The van der Waals surface area contributed by atoms with Crippen LogP contribution in [0, 0.1) is 0 Å². The Morgan fingerprint density at radius 3 is 2.47 bits per heavy atom. The maximum Gasteiger partial charge on any atom is 0.310 e. The molecule has 152 valence electrons. The third-order valence-electron chi connectivity index (χ3n) is 5.25. The normalized spacial score (nSPS) is 10.9. The molecule has 4 heteroatoms. The molecule has 4 aromatic rings. The lowest BCUT2D eigenvalue weighted by Crippen LogP contribution is -2.07. The highest BCUT2D eigenvalue weighted by Gasteiger charge is 2.15. The largest absolute Gasteiger partial charge is 0.497 e. The Balaban J connectivity index is 1.76. The van der Waals surface area contributed by atoms with Crippen molar-refractivity contribution in [3.63, 3.8) is 0 Å². The van der Waals surface area contributed by atoms with Crippen LogP contribution < -0.4 is 4.74 Å². The van der Waals surface area contributed by atoms with Gasteiger partial charge in [-0.1, -0.05) is 54.6 Å². The number of aromatic nitrogens is 1. The summed E-state index contributed by atoms with van der Waals surface area (Å²) in [6.45, 7) is 2.91. The van der Waals surface area contributed by atoms with E-state index >= 15 is 0 Å². The molecule has 0 saturated heterocycles. The highest BCUT2D eigenvalue weighted by atomic mass is 16.5. The molecule has 0 atom stereocenters. The minimum atomic E-state index is -0.218. The van der Waals surface area contributed by atoms with Gasteiger partial charge in [0.25, 0.3) is 0 Å². The van der Waals surface area contributed by atoms with Crippen molar-refractivity contribution in [2.24, 2.45) is 0 Å². The number of benzene rings is 3. The molecular weight excluding hydrogens is 374 g/mol. The van der Waals surface area contributed by atoms with Crippen LogP contribution in [0.25, 0.3) is 22.0 Å². The van der Waals surface area contributed by atoms with Gasteiger partial charge >= 0.3 is 5.97 Å². The van der Waals surface area contributed by atoms with Crippen molar-refractivity contribution in [3.05, 3.63) is 90.1 Å². The standard InChI is InChI=1S/C26H25NO3/c1-3-30-26(28)15-21-18-27(25-14-13-22(29-2)16-24(21)25)17-20-11-7-8-12-23(20)19-9-5-4-6-10-19/h4-14,16,18H,3,15,17H2,1-2H3. The van der Waals surface area contributed by atoms with Crippen LogP contribution in [0.2, 0.25) is 0 Å². The molecule has 1 heterocycles. The van der Waals surface area contributed by atoms with E-state index in [2.05, 4.69) is 59.3 Å². The first-order valence-electron chi connectivity index (χ1n) is 10.1. The van der Waals surface area contributed by atoms with Crippen molar-refractivity contribution in [2.45, 2.75) is 19.9 Å². The SMILES string of the molecule is CCOC(=O)Cc1cn(Cc2ccccc2-c2ccccc2)c2ccc(OC)cc12. The maximum absolute atomic E-state index is 12.2. The zero-order valence-electron chi connectivity index (χ0n) is 17.3.